The van der Waals surface area contributed by atoms with Gasteiger partial charge in [0.1, 0.15) is 5.75 Å². The van der Waals surface area contributed by atoms with E-state index in [0.29, 0.717) is 12.1 Å². The van der Waals surface area contributed by atoms with Crippen molar-refractivity contribution < 1.29 is 14.3 Å². The predicted molar refractivity (Wildman–Crippen MR) is 113 cm³/mol. The zero-order valence-corrected chi connectivity index (χ0v) is 17.2. The monoisotopic (exact) mass is 396 g/mol. The summed E-state index contributed by atoms with van der Waals surface area (Å²) in [7, 11) is 1.62. The third kappa shape index (κ3) is 3.75. The molecule has 2 aromatic carbocycles. The van der Waals surface area contributed by atoms with E-state index in [2.05, 4.69) is 26.0 Å². The lowest BCUT2D eigenvalue weighted by Gasteiger charge is -2.23. The summed E-state index contributed by atoms with van der Waals surface area (Å²) >= 11 is 1.56. The van der Waals surface area contributed by atoms with Crippen molar-refractivity contribution in [2.24, 2.45) is 0 Å². The fraction of sp³-hybridized carbons (Fsp3) is 0.364. The van der Waals surface area contributed by atoms with E-state index in [1.54, 1.807) is 35.5 Å². The molecule has 1 aromatic heterocycles. The van der Waals surface area contributed by atoms with Gasteiger partial charge in [-0.15, -0.1) is 0 Å². The fourth-order valence-electron chi connectivity index (χ4n) is 3.60. The summed E-state index contributed by atoms with van der Waals surface area (Å²) in [5.74, 6) is 0.667. The van der Waals surface area contributed by atoms with Crippen molar-refractivity contribution in [1.82, 2.24) is 4.98 Å². The molecule has 5 nitrogen and oxygen atoms in total. The van der Waals surface area contributed by atoms with Gasteiger partial charge in [-0.05, 0) is 68.1 Å². The van der Waals surface area contributed by atoms with Gasteiger partial charge in [-0.1, -0.05) is 17.4 Å². The van der Waals surface area contributed by atoms with Crippen LogP contribution in [0.5, 0.6) is 5.75 Å². The molecule has 0 spiro atoms. The number of benzene rings is 2. The first-order valence-corrected chi connectivity index (χ1v) is 10.3. The number of carbonyl (C=O) groups excluding carboxylic acids is 1. The number of hydrogen-bond acceptors (Lipinski definition) is 5. The summed E-state index contributed by atoms with van der Waals surface area (Å²) in [5, 5.41) is 0.722. The molecule has 4 rings (SSSR count). The van der Waals surface area contributed by atoms with Crippen LogP contribution in [0, 0.1) is 13.8 Å². The first-order valence-electron chi connectivity index (χ1n) is 9.50. The van der Waals surface area contributed by atoms with Gasteiger partial charge in [-0.2, -0.15) is 0 Å². The molecule has 0 radical (unpaired) electrons. The van der Waals surface area contributed by atoms with Crippen LogP contribution >= 0.6 is 11.3 Å². The van der Waals surface area contributed by atoms with E-state index in [-0.39, 0.29) is 12.0 Å². The van der Waals surface area contributed by atoms with E-state index in [1.807, 2.05) is 12.1 Å². The molecule has 0 N–H and O–H groups in total. The summed E-state index contributed by atoms with van der Waals surface area (Å²) in [6, 6.07) is 11.5. The molecule has 1 atom stereocenters. The van der Waals surface area contributed by atoms with Gasteiger partial charge >= 0.3 is 0 Å². The summed E-state index contributed by atoms with van der Waals surface area (Å²) < 4.78 is 12.1. The highest BCUT2D eigenvalue weighted by atomic mass is 32.1. The summed E-state index contributed by atoms with van der Waals surface area (Å²) in [6.45, 7) is 5.42. The Morgan fingerprint density at radius 3 is 2.75 bits per heavy atom. The maximum atomic E-state index is 13.4. The molecule has 0 aliphatic carbocycles. The normalized spacial score (nSPS) is 16.5. The standard InChI is InChI=1S/C22H24N2O3S/c1-14-11-15(2)20-19(12-14)28-22(23-20)24(13-18-5-4-10-27-18)21(25)16-6-8-17(26-3)9-7-16/h6-9,11-12,18H,4-5,10,13H2,1-3H3. The number of thiazole rings is 1. The molecule has 6 heteroatoms. The van der Waals surface area contributed by atoms with Gasteiger partial charge in [0.05, 0.1) is 30.0 Å². The van der Waals surface area contributed by atoms with Gasteiger partial charge in [0.25, 0.3) is 5.91 Å². The number of ether oxygens (including phenoxy) is 2. The van der Waals surface area contributed by atoms with E-state index >= 15 is 0 Å². The number of carbonyl (C=O) groups is 1. The number of amides is 1. The molecular formula is C22H24N2O3S. The maximum Gasteiger partial charge on any atom is 0.260 e. The highest BCUT2D eigenvalue weighted by Crippen LogP contribution is 2.33. The van der Waals surface area contributed by atoms with Crippen molar-refractivity contribution in [3.63, 3.8) is 0 Å². The van der Waals surface area contributed by atoms with E-state index in [9.17, 15) is 4.79 Å². The van der Waals surface area contributed by atoms with Crippen molar-refractivity contribution in [2.75, 3.05) is 25.2 Å². The molecule has 1 amide bonds. The number of fused-ring (bicyclic) bond motifs is 1. The number of rotatable bonds is 5. The number of hydrogen-bond donors (Lipinski definition) is 0. The average molecular weight is 397 g/mol. The Morgan fingerprint density at radius 2 is 2.07 bits per heavy atom. The van der Waals surface area contributed by atoms with Crippen LogP contribution in [-0.4, -0.2) is 37.3 Å². The van der Waals surface area contributed by atoms with Gasteiger partial charge in [0.15, 0.2) is 5.13 Å². The molecule has 0 saturated carbocycles. The molecule has 1 fully saturated rings. The van der Waals surface area contributed by atoms with Crippen LogP contribution in [0.25, 0.3) is 10.2 Å². The van der Waals surface area contributed by atoms with Crippen LogP contribution in [0.4, 0.5) is 5.13 Å². The van der Waals surface area contributed by atoms with E-state index in [1.165, 1.54) is 5.56 Å². The molecule has 28 heavy (non-hydrogen) atoms. The van der Waals surface area contributed by atoms with Crippen LogP contribution in [0.2, 0.25) is 0 Å². The van der Waals surface area contributed by atoms with E-state index in [0.717, 1.165) is 46.1 Å². The van der Waals surface area contributed by atoms with Crippen molar-refractivity contribution >= 4 is 32.6 Å². The second-order valence-corrected chi connectivity index (χ2v) is 8.21. The van der Waals surface area contributed by atoms with Crippen LogP contribution in [0.1, 0.15) is 34.3 Å². The summed E-state index contributed by atoms with van der Waals surface area (Å²) in [5.41, 5.74) is 3.91. The molecule has 1 unspecified atom stereocenters. The smallest absolute Gasteiger partial charge is 0.260 e. The largest absolute Gasteiger partial charge is 0.497 e. The lowest BCUT2D eigenvalue weighted by Crippen LogP contribution is -2.37. The quantitative estimate of drug-likeness (QED) is 0.625. The Bertz CT molecular complexity index is 991. The average Bonchev–Trinajstić information content (AvgIpc) is 3.35. The Kier molecular flexibility index (Phi) is 5.33. The molecule has 1 saturated heterocycles. The number of aryl methyl sites for hydroxylation is 2. The zero-order chi connectivity index (χ0) is 19.7. The van der Waals surface area contributed by atoms with Gasteiger partial charge in [0.2, 0.25) is 0 Å². The van der Waals surface area contributed by atoms with Crippen molar-refractivity contribution in [2.45, 2.75) is 32.8 Å². The van der Waals surface area contributed by atoms with Gasteiger partial charge in [-0.25, -0.2) is 4.98 Å². The maximum absolute atomic E-state index is 13.4. The minimum atomic E-state index is -0.0633. The molecule has 3 aromatic rings. The van der Waals surface area contributed by atoms with Crippen LogP contribution < -0.4 is 9.64 Å². The Hall–Kier alpha value is -2.44. The third-order valence-electron chi connectivity index (χ3n) is 5.04. The second kappa shape index (κ2) is 7.89. The molecule has 146 valence electrons. The summed E-state index contributed by atoms with van der Waals surface area (Å²) in [4.78, 5) is 20.0. The van der Waals surface area contributed by atoms with E-state index in [4.69, 9.17) is 14.5 Å². The SMILES string of the molecule is COc1ccc(C(=O)N(CC2CCCO2)c2nc3c(C)cc(C)cc3s2)cc1. The predicted octanol–water partition coefficient (Wildman–Crippen LogP) is 4.75. The number of methoxy groups -OCH3 is 1. The van der Waals surface area contributed by atoms with Crippen LogP contribution in [-0.2, 0) is 4.74 Å². The van der Waals surface area contributed by atoms with Crippen LogP contribution in [0.3, 0.4) is 0 Å². The van der Waals surface area contributed by atoms with Gasteiger partial charge in [0, 0.05) is 12.2 Å². The minimum absolute atomic E-state index is 0.0528. The van der Waals surface area contributed by atoms with Crippen molar-refractivity contribution in [3.8, 4) is 5.75 Å². The zero-order valence-electron chi connectivity index (χ0n) is 16.4. The Morgan fingerprint density at radius 1 is 1.29 bits per heavy atom. The van der Waals surface area contributed by atoms with Crippen LogP contribution in [0.15, 0.2) is 36.4 Å². The van der Waals surface area contributed by atoms with Crippen molar-refractivity contribution in [1.29, 1.82) is 0 Å². The Balaban J connectivity index is 1.72. The highest BCUT2D eigenvalue weighted by Gasteiger charge is 2.27. The summed E-state index contributed by atoms with van der Waals surface area (Å²) in [6.07, 6.45) is 2.06. The van der Waals surface area contributed by atoms with Gasteiger partial charge < -0.3 is 9.47 Å². The first-order chi connectivity index (χ1) is 13.5. The number of aromatic nitrogens is 1. The third-order valence-corrected chi connectivity index (χ3v) is 6.07. The Labute approximate surface area is 168 Å². The topological polar surface area (TPSA) is 51.7 Å². The molecule has 2 heterocycles. The second-order valence-electron chi connectivity index (χ2n) is 7.20. The molecule has 0 bridgehead atoms. The van der Waals surface area contributed by atoms with Crippen molar-refractivity contribution in [3.05, 3.63) is 53.1 Å². The first kappa shape index (κ1) is 18.9. The van der Waals surface area contributed by atoms with Gasteiger partial charge in [-0.3, -0.25) is 9.69 Å². The number of anilines is 1. The molecule has 1 aliphatic heterocycles. The highest BCUT2D eigenvalue weighted by molar-refractivity contribution is 7.22. The minimum Gasteiger partial charge on any atom is -0.497 e. The molecular weight excluding hydrogens is 372 g/mol. The lowest BCUT2D eigenvalue weighted by molar-refractivity contribution is 0.0917. The molecule has 1 aliphatic rings. The van der Waals surface area contributed by atoms with E-state index < -0.39 is 0 Å². The lowest BCUT2D eigenvalue weighted by atomic mass is 10.1. The fourth-order valence-corrected chi connectivity index (χ4v) is 4.75. The number of nitrogens with zero attached hydrogens (tertiary/aromatic N) is 2.